The van der Waals surface area contributed by atoms with Crippen LogP contribution in [0.4, 0.5) is 0 Å². The molecule has 1 aromatic rings. The normalized spacial score (nSPS) is 28.4. The van der Waals surface area contributed by atoms with Gasteiger partial charge in [-0.2, -0.15) is 0 Å². The van der Waals surface area contributed by atoms with E-state index in [1.54, 1.807) is 19.2 Å². The van der Waals surface area contributed by atoms with E-state index in [4.69, 9.17) is 4.74 Å². The molecule has 1 heterocycles. The topological polar surface area (TPSA) is 58.6 Å². The van der Waals surface area contributed by atoms with Crippen LogP contribution in [-0.2, 0) is 4.79 Å². The predicted molar refractivity (Wildman–Crippen MR) is 94.5 cm³/mol. The van der Waals surface area contributed by atoms with E-state index in [2.05, 4.69) is 5.32 Å². The minimum Gasteiger partial charge on any atom is -0.496 e. The summed E-state index contributed by atoms with van der Waals surface area (Å²) in [7, 11) is 1.58. The fourth-order valence-electron chi connectivity index (χ4n) is 4.47. The summed E-state index contributed by atoms with van der Waals surface area (Å²) in [6.45, 7) is 0. The number of hydrogen-bond acceptors (Lipinski definition) is 3. The van der Waals surface area contributed by atoms with Crippen LogP contribution in [0.1, 0.15) is 55.3 Å². The molecule has 1 saturated heterocycles. The Morgan fingerprint density at radius 1 is 1.12 bits per heavy atom. The summed E-state index contributed by atoms with van der Waals surface area (Å²) in [6.07, 6.45) is 7.37. The molecule has 134 valence electrons. The molecule has 0 aromatic heterocycles. The van der Waals surface area contributed by atoms with Gasteiger partial charge in [0, 0.05) is 12.1 Å². The average Bonchev–Trinajstić information content (AvgIpc) is 3.37. The molecular formula is C20H26N2O3. The molecule has 3 atom stereocenters. The van der Waals surface area contributed by atoms with Crippen molar-refractivity contribution in [2.24, 2.45) is 5.92 Å². The van der Waals surface area contributed by atoms with Gasteiger partial charge in [0.25, 0.3) is 5.91 Å². The zero-order valence-corrected chi connectivity index (χ0v) is 14.7. The second kappa shape index (κ2) is 6.70. The van der Waals surface area contributed by atoms with Crippen molar-refractivity contribution in [3.05, 3.63) is 29.8 Å². The summed E-state index contributed by atoms with van der Waals surface area (Å²) in [4.78, 5) is 28.0. The highest BCUT2D eigenvalue weighted by Crippen LogP contribution is 2.41. The zero-order valence-electron chi connectivity index (χ0n) is 14.7. The lowest BCUT2D eigenvalue weighted by Crippen LogP contribution is -2.50. The van der Waals surface area contributed by atoms with Crippen molar-refractivity contribution in [2.75, 3.05) is 7.11 Å². The van der Waals surface area contributed by atoms with Gasteiger partial charge < -0.3 is 15.0 Å². The van der Waals surface area contributed by atoms with Crippen LogP contribution in [0.15, 0.2) is 24.3 Å². The van der Waals surface area contributed by atoms with E-state index >= 15 is 0 Å². The Morgan fingerprint density at radius 2 is 1.88 bits per heavy atom. The number of likely N-dealkylation sites (tertiary alicyclic amines) is 1. The van der Waals surface area contributed by atoms with Gasteiger partial charge >= 0.3 is 0 Å². The van der Waals surface area contributed by atoms with Crippen LogP contribution in [0.3, 0.4) is 0 Å². The van der Waals surface area contributed by atoms with E-state index in [9.17, 15) is 9.59 Å². The van der Waals surface area contributed by atoms with E-state index in [0.717, 1.165) is 38.5 Å². The van der Waals surface area contributed by atoms with Crippen molar-refractivity contribution >= 4 is 11.8 Å². The Hall–Kier alpha value is -2.04. The van der Waals surface area contributed by atoms with Crippen LogP contribution in [0.5, 0.6) is 5.75 Å². The Kier molecular flexibility index (Phi) is 4.40. The van der Waals surface area contributed by atoms with Gasteiger partial charge in [-0.25, -0.2) is 0 Å². The van der Waals surface area contributed by atoms with Crippen LogP contribution in [0.25, 0.3) is 0 Å². The summed E-state index contributed by atoms with van der Waals surface area (Å²) in [5.74, 6) is 0.985. The number of rotatable bonds is 4. The lowest BCUT2D eigenvalue weighted by molar-refractivity contribution is -0.125. The smallest absolute Gasteiger partial charge is 0.258 e. The first kappa shape index (κ1) is 16.4. The number of ether oxygens (including phenoxy) is 1. The van der Waals surface area contributed by atoms with Crippen LogP contribution in [0, 0.1) is 5.92 Å². The lowest BCUT2D eigenvalue weighted by Gasteiger charge is -2.34. The van der Waals surface area contributed by atoms with Gasteiger partial charge in [-0.05, 0) is 50.2 Å². The fourth-order valence-corrected chi connectivity index (χ4v) is 4.47. The summed E-state index contributed by atoms with van der Waals surface area (Å²) >= 11 is 0. The number of para-hydroxylation sites is 1. The Bertz CT molecular complexity index is 671. The quantitative estimate of drug-likeness (QED) is 0.915. The van der Waals surface area contributed by atoms with Crippen LogP contribution < -0.4 is 10.1 Å². The summed E-state index contributed by atoms with van der Waals surface area (Å²) in [5, 5.41) is 3.11. The minimum absolute atomic E-state index is 0.0279. The van der Waals surface area contributed by atoms with Gasteiger partial charge in [-0.15, -0.1) is 0 Å². The summed E-state index contributed by atoms with van der Waals surface area (Å²) in [6, 6.07) is 7.48. The number of nitrogens with one attached hydrogen (secondary N) is 1. The molecule has 1 aliphatic heterocycles. The highest BCUT2D eigenvalue weighted by Gasteiger charge is 2.48. The van der Waals surface area contributed by atoms with E-state index in [1.807, 2.05) is 17.0 Å². The van der Waals surface area contributed by atoms with Gasteiger partial charge in [0.05, 0.1) is 12.7 Å². The van der Waals surface area contributed by atoms with E-state index in [0.29, 0.717) is 23.3 Å². The highest BCUT2D eigenvalue weighted by atomic mass is 16.5. The molecule has 0 spiro atoms. The maximum absolute atomic E-state index is 13.4. The summed E-state index contributed by atoms with van der Waals surface area (Å²) < 4.78 is 5.38. The van der Waals surface area contributed by atoms with E-state index in [-0.39, 0.29) is 23.9 Å². The first-order valence-corrected chi connectivity index (χ1v) is 9.45. The molecular weight excluding hydrogens is 316 g/mol. The molecule has 0 bridgehead atoms. The average molecular weight is 342 g/mol. The Labute approximate surface area is 148 Å². The van der Waals surface area contributed by atoms with E-state index < -0.39 is 0 Å². The molecule has 2 amide bonds. The number of carbonyl (C=O) groups is 2. The standard InChI is InChI=1S/C20H26N2O3/c1-25-18-9-5-3-7-15(18)20(24)22-16-8-4-2-6-13(16)12-17(22)19(23)21-14-10-11-14/h3,5,7,9,13-14,16-17H,2,4,6,8,10-12H2,1H3,(H,21,23)/t13-,16-,17+/m1/s1. The maximum Gasteiger partial charge on any atom is 0.258 e. The molecule has 3 aliphatic rings. The van der Waals surface area contributed by atoms with Crippen molar-refractivity contribution in [3.63, 3.8) is 0 Å². The first-order chi connectivity index (χ1) is 12.2. The number of amides is 2. The monoisotopic (exact) mass is 342 g/mol. The Balaban J connectivity index is 1.64. The van der Waals surface area contributed by atoms with Crippen LogP contribution in [-0.4, -0.2) is 41.9 Å². The third-order valence-corrected chi connectivity index (χ3v) is 5.89. The number of hydrogen-bond donors (Lipinski definition) is 1. The molecule has 3 fully saturated rings. The molecule has 5 heteroatoms. The van der Waals surface area contributed by atoms with Crippen molar-refractivity contribution in [1.82, 2.24) is 10.2 Å². The number of fused-ring (bicyclic) bond motifs is 1. The molecule has 2 aliphatic carbocycles. The van der Waals surface area contributed by atoms with Crippen LogP contribution >= 0.6 is 0 Å². The van der Waals surface area contributed by atoms with Gasteiger partial charge in [0.15, 0.2) is 0 Å². The van der Waals surface area contributed by atoms with Gasteiger partial charge in [-0.1, -0.05) is 25.0 Å². The predicted octanol–water partition coefficient (Wildman–Crippen LogP) is 2.75. The first-order valence-electron chi connectivity index (χ1n) is 9.45. The van der Waals surface area contributed by atoms with Gasteiger partial charge in [0.2, 0.25) is 5.91 Å². The highest BCUT2D eigenvalue weighted by molar-refractivity contribution is 6.00. The van der Waals surface area contributed by atoms with Crippen molar-refractivity contribution < 1.29 is 14.3 Å². The molecule has 1 aromatic carbocycles. The molecule has 0 radical (unpaired) electrons. The fraction of sp³-hybridized carbons (Fsp3) is 0.600. The van der Waals surface area contributed by atoms with E-state index in [1.165, 1.54) is 6.42 Å². The second-order valence-corrected chi connectivity index (χ2v) is 7.56. The van der Waals surface area contributed by atoms with Crippen LogP contribution in [0.2, 0.25) is 0 Å². The lowest BCUT2D eigenvalue weighted by atomic mass is 9.84. The molecule has 4 rings (SSSR count). The van der Waals surface area contributed by atoms with Gasteiger partial charge in [0.1, 0.15) is 11.8 Å². The number of carbonyl (C=O) groups excluding carboxylic acids is 2. The third kappa shape index (κ3) is 3.12. The largest absolute Gasteiger partial charge is 0.496 e. The molecule has 2 saturated carbocycles. The van der Waals surface area contributed by atoms with Crippen molar-refractivity contribution in [3.8, 4) is 5.75 Å². The number of methoxy groups -OCH3 is 1. The van der Waals surface area contributed by atoms with Gasteiger partial charge in [-0.3, -0.25) is 9.59 Å². The Morgan fingerprint density at radius 3 is 2.64 bits per heavy atom. The second-order valence-electron chi connectivity index (χ2n) is 7.56. The maximum atomic E-state index is 13.4. The summed E-state index contributed by atoms with van der Waals surface area (Å²) in [5.41, 5.74) is 0.556. The SMILES string of the molecule is COc1ccccc1C(=O)N1[C@@H]2CCCC[C@@H]2C[C@H]1C(=O)NC1CC1. The minimum atomic E-state index is -0.342. The third-order valence-electron chi connectivity index (χ3n) is 5.89. The van der Waals surface area contributed by atoms with Crippen molar-refractivity contribution in [2.45, 2.75) is 63.1 Å². The molecule has 0 unspecified atom stereocenters. The molecule has 1 N–H and O–H groups in total. The molecule has 5 nitrogen and oxygen atoms in total. The number of benzene rings is 1. The zero-order chi connectivity index (χ0) is 17.4. The van der Waals surface area contributed by atoms with Crippen molar-refractivity contribution in [1.29, 1.82) is 0 Å². The number of nitrogens with zero attached hydrogens (tertiary/aromatic N) is 1. The molecule has 25 heavy (non-hydrogen) atoms.